The Kier molecular flexibility index (Phi) is 6.60. The van der Waals surface area contributed by atoms with Crippen molar-refractivity contribution in [1.29, 1.82) is 0 Å². The van der Waals surface area contributed by atoms with Crippen molar-refractivity contribution >= 4 is 11.9 Å². The van der Waals surface area contributed by atoms with Gasteiger partial charge in [-0.05, 0) is 43.2 Å². The Bertz CT molecular complexity index is 788. The molecule has 0 spiro atoms. The van der Waals surface area contributed by atoms with Gasteiger partial charge in [-0.1, -0.05) is 24.3 Å². The number of hydrogen-bond acceptors (Lipinski definition) is 5. The van der Waals surface area contributed by atoms with E-state index in [2.05, 4.69) is 10.1 Å². The number of benzene rings is 2. The number of esters is 1. The standard InChI is InChI=1S/C20H23NO5/c1-13-7-5-6-8-16(13)14(2)21-19(22)12-26-17-10-9-15(20(23)25-4)11-18(17)24-3/h5-11,14H,12H2,1-4H3,(H,21,22). The predicted octanol–water partition coefficient (Wildman–Crippen LogP) is 3.05. The highest BCUT2D eigenvalue weighted by Gasteiger charge is 2.15. The molecule has 0 saturated carbocycles. The van der Waals surface area contributed by atoms with Gasteiger partial charge >= 0.3 is 5.97 Å². The predicted molar refractivity (Wildman–Crippen MR) is 97.6 cm³/mol. The summed E-state index contributed by atoms with van der Waals surface area (Å²) in [6.07, 6.45) is 0. The minimum Gasteiger partial charge on any atom is -0.493 e. The van der Waals surface area contributed by atoms with Crippen LogP contribution in [0.2, 0.25) is 0 Å². The van der Waals surface area contributed by atoms with Crippen LogP contribution in [0.1, 0.15) is 34.5 Å². The van der Waals surface area contributed by atoms with Gasteiger partial charge in [-0.25, -0.2) is 4.79 Å². The van der Waals surface area contributed by atoms with Crippen LogP contribution in [0.25, 0.3) is 0 Å². The first-order valence-corrected chi connectivity index (χ1v) is 8.20. The Morgan fingerprint density at radius 3 is 2.46 bits per heavy atom. The van der Waals surface area contributed by atoms with E-state index in [-0.39, 0.29) is 18.6 Å². The third-order valence-corrected chi connectivity index (χ3v) is 3.98. The summed E-state index contributed by atoms with van der Waals surface area (Å²) in [5.74, 6) is 0.00556. The van der Waals surface area contributed by atoms with Crippen LogP contribution < -0.4 is 14.8 Å². The summed E-state index contributed by atoms with van der Waals surface area (Å²) in [4.78, 5) is 23.7. The summed E-state index contributed by atoms with van der Waals surface area (Å²) >= 11 is 0. The first-order valence-electron chi connectivity index (χ1n) is 8.20. The fraction of sp³-hybridized carbons (Fsp3) is 0.300. The number of carbonyl (C=O) groups is 2. The Morgan fingerprint density at radius 1 is 1.08 bits per heavy atom. The Balaban J connectivity index is 1.98. The maximum atomic E-state index is 12.2. The first-order chi connectivity index (χ1) is 12.5. The molecule has 2 aromatic rings. The van der Waals surface area contributed by atoms with Crippen LogP contribution in [0, 0.1) is 6.92 Å². The molecule has 0 fully saturated rings. The van der Waals surface area contributed by atoms with Crippen molar-refractivity contribution in [2.45, 2.75) is 19.9 Å². The summed E-state index contributed by atoms with van der Waals surface area (Å²) in [5.41, 5.74) is 2.51. The molecule has 1 atom stereocenters. The van der Waals surface area contributed by atoms with Gasteiger partial charge in [-0.3, -0.25) is 4.79 Å². The van der Waals surface area contributed by atoms with E-state index in [4.69, 9.17) is 9.47 Å². The average molecular weight is 357 g/mol. The van der Waals surface area contributed by atoms with Gasteiger partial charge in [0.25, 0.3) is 5.91 Å². The molecular weight excluding hydrogens is 334 g/mol. The van der Waals surface area contributed by atoms with Gasteiger partial charge in [0.05, 0.1) is 25.8 Å². The summed E-state index contributed by atoms with van der Waals surface area (Å²) in [6.45, 7) is 3.76. The maximum absolute atomic E-state index is 12.2. The lowest BCUT2D eigenvalue weighted by molar-refractivity contribution is -0.123. The molecule has 0 aliphatic heterocycles. The van der Waals surface area contributed by atoms with Crippen LogP contribution >= 0.6 is 0 Å². The van der Waals surface area contributed by atoms with E-state index in [1.165, 1.54) is 20.3 Å². The van der Waals surface area contributed by atoms with E-state index in [1.807, 2.05) is 38.1 Å². The van der Waals surface area contributed by atoms with E-state index >= 15 is 0 Å². The van der Waals surface area contributed by atoms with E-state index in [1.54, 1.807) is 12.1 Å². The molecule has 138 valence electrons. The summed E-state index contributed by atoms with van der Waals surface area (Å²) in [7, 11) is 2.77. The normalized spacial score (nSPS) is 11.4. The zero-order chi connectivity index (χ0) is 19.1. The minimum absolute atomic E-state index is 0.129. The van der Waals surface area contributed by atoms with Crippen LogP contribution in [0.15, 0.2) is 42.5 Å². The lowest BCUT2D eigenvalue weighted by Gasteiger charge is -2.17. The molecule has 0 heterocycles. The average Bonchev–Trinajstić information content (AvgIpc) is 2.65. The zero-order valence-corrected chi connectivity index (χ0v) is 15.4. The third-order valence-electron chi connectivity index (χ3n) is 3.98. The second-order valence-corrected chi connectivity index (χ2v) is 5.79. The number of ether oxygens (including phenoxy) is 3. The van der Waals surface area contributed by atoms with Gasteiger partial charge in [0.15, 0.2) is 18.1 Å². The van der Waals surface area contributed by atoms with Gasteiger partial charge in [-0.15, -0.1) is 0 Å². The molecule has 0 aliphatic carbocycles. The van der Waals surface area contributed by atoms with E-state index in [0.29, 0.717) is 17.1 Å². The van der Waals surface area contributed by atoms with Gasteiger partial charge in [0.2, 0.25) is 0 Å². The molecule has 1 unspecified atom stereocenters. The smallest absolute Gasteiger partial charge is 0.337 e. The largest absolute Gasteiger partial charge is 0.493 e. The van der Waals surface area contributed by atoms with Gasteiger partial charge in [0.1, 0.15) is 0 Å². The number of hydrogen-bond donors (Lipinski definition) is 1. The monoisotopic (exact) mass is 357 g/mol. The van der Waals surface area contributed by atoms with Crippen LogP contribution in [0.4, 0.5) is 0 Å². The quantitative estimate of drug-likeness (QED) is 0.771. The third kappa shape index (κ3) is 4.75. The van der Waals surface area contributed by atoms with Crippen LogP contribution in [-0.4, -0.2) is 32.7 Å². The highest BCUT2D eigenvalue weighted by Crippen LogP contribution is 2.28. The highest BCUT2D eigenvalue weighted by atomic mass is 16.5. The molecule has 6 heteroatoms. The summed E-state index contributed by atoms with van der Waals surface area (Å²) in [6, 6.07) is 12.4. The van der Waals surface area contributed by atoms with Crippen molar-refractivity contribution in [2.24, 2.45) is 0 Å². The SMILES string of the molecule is COC(=O)c1ccc(OCC(=O)NC(C)c2ccccc2C)c(OC)c1. The van der Waals surface area contributed by atoms with Gasteiger partial charge in [0, 0.05) is 0 Å². The molecule has 0 saturated heterocycles. The van der Waals surface area contributed by atoms with E-state index < -0.39 is 5.97 Å². The number of aryl methyl sites for hydroxylation is 1. The van der Waals surface area contributed by atoms with Crippen molar-refractivity contribution in [1.82, 2.24) is 5.32 Å². The maximum Gasteiger partial charge on any atom is 0.337 e. The number of rotatable bonds is 7. The lowest BCUT2D eigenvalue weighted by Crippen LogP contribution is -2.31. The van der Waals surface area contributed by atoms with Crippen molar-refractivity contribution in [3.63, 3.8) is 0 Å². The number of carbonyl (C=O) groups excluding carboxylic acids is 2. The topological polar surface area (TPSA) is 73.9 Å². The van der Waals surface area contributed by atoms with Crippen molar-refractivity contribution in [2.75, 3.05) is 20.8 Å². The van der Waals surface area contributed by atoms with Crippen LogP contribution in [0.5, 0.6) is 11.5 Å². The molecule has 6 nitrogen and oxygen atoms in total. The van der Waals surface area contributed by atoms with E-state index in [9.17, 15) is 9.59 Å². The molecule has 1 amide bonds. The molecular formula is C20H23NO5. The molecule has 0 radical (unpaired) electrons. The van der Waals surface area contributed by atoms with Crippen LogP contribution in [-0.2, 0) is 9.53 Å². The van der Waals surface area contributed by atoms with Crippen molar-refractivity contribution < 1.29 is 23.8 Å². The van der Waals surface area contributed by atoms with E-state index in [0.717, 1.165) is 11.1 Å². The second-order valence-electron chi connectivity index (χ2n) is 5.79. The van der Waals surface area contributed by atoms with Crippen molar-refractivity contribution in [3.8, 4) is 11.5 Å². The summed E-state index contributed by atoms with van der Waals surface area (Å²) < 4.78 is 15.4. The fourth-order valence-corrected chi connectivity index (χ4v) is 2.61. The zero-order valence-electron chi connectivity index (χ0n) is 15.4. The first kappa shape index (κ1) is 19.3. The van der Waals surface area contributed by atoms with Crippen molar-refractivity contribution in [3.05, 3.63) is 59.2 Å². The van der Waals surface area contributed by atoms with Gasteiger partial charge < -0.3 is 19.5 Å². The molecule has 0 aliphatic rings. The molecule has 1 N–H and O–H groups in total. The van der Waals surface area contributed by atoms with Gasteiger partial charge in [-0.2, -0.15) is 0 Å². The highest BCUT2D eigenvalue weighted by molar-refractivity contribution is 5.90. The number of amides is 1. The molecule has 0 aromatic heterocycles. The second kappa shape index (κ2) is 8.89. The lowest BCUT2D eigenvalue weighted by atomic mass is 10.0. The Hall–Kier alpha value is -3.02. The Morgan fingerprint density at radius 2 is 1.81 bits per heavy atom. The number of nitrogens with one attached hydrogen (secondary N) is 1. The van der Waals surface area contributed by atoms with Crippen LogP contribution in [0.3, 0.4) is 0 Å². The molecule has 0 bridgehead atoms. The fourth-order valence-electron chi connectivity index (χ4n) is 2.61. The Labute approximate surface area is 153 Å². The minimum atomic E-state index is -0.473. The molecule has 26 heavy (non-hydrogen) atoms. The molecule has 2 rings (SSSR count). The molecule has 2 aromatic carbocycles. The number of methoxy groups -OCH3 is 2. The summed E-state index contributed by atoms with van der Waals surface area (Å²) in [5, 5.41) is 2.90.